The van der Waals surface area contributed by atoms with Crippen molar-refractivity contribution in [1.29, 1.82) is 0 Å². The zero-order valence-corrected chi connectivity index (χ0v) is 8.53. The fourth-order valence-electron chi connectivity index (χ4n) is 2.05. The molecule has 0 aliphatic carbocycles. The molecule has 0 saturated carbocycles. The van der Waals surface area contributed by atoms with E-state index in [2.05, 4.69) is 21.8 Å². The fraction of sp³-hybridized carbons (Fsp3) is 0.700. The van der Waals surface area contributed by atoms with Crippen LogP contribution in [0, 0.1) is 0 Å². The monoisotopic (exact) mass is 195 g/mol. The fourth-order valence-corrected chi connectivity index (χ4v) is 2.05. The molecule has 2 N–H and O–H groups in total. The van der Waals surface area contributed by atoms with Gasteiger partial charge in [-0.25, -0.2) is 4.98 Å². The van der Waals surface area contributed by atoms with E-state index in [4.69, 9.17) is 0 Å². The summed E-state index contributed by atoms with van der Waals surface area (Å²) in [5.41, 5.74) is 2.40. The number of nitrogens with one attached hydrogen (secondary N) is 1. The molecule has 0 amide bonds. The highest BCUT2D eigenvalue weighted by atomic mass is 16.3. The highest BCUT2D eigenvalue weighted by Gasteiger charge is 2.22. The molecule has 78 valence electrons. The summed E-state index contributed by atoms with van der Waals surface area (Å²) in [5.74, 6) is 0. The van der Waals surface area contributed by atoms with E-state index in [-0.39, 0.29) is 6.61 Å². The normalized spacial score (nSPS) is 19.3. The molecule has 2 rings (SSSR count). The SMILES string of the molecule is CCC(CO)N1CCc2nc[nH]c2C1. The molecule has 1 aromatic rings. The Kier molecular flexibility index (Phi) is 2.84. The summed E-state index contributed by atoms with van der Waals surface area (Å²) in [7, 11) is 0. The lowest BCUT2D eigenvalue weighted by Gasteiger charge is -2.32. The molecule has 1 aromatic heterocycles. The van der Waals surface area contributed by atoms with E-state index in [1.807, 2.05) is 0 Å². The zero-order valence-electron chi connectivity index (χ0n) is 8.53. The third kappa shape index (κ3) is 1.67. The summed E-state index contributed by atoms with van der Waals surface area (Å²) in [6.45, 7) is 4.27. The van der Waals surface area contributed by atoms with Gasteiger partial charge in [0, 0.05) is 25.6 Å². The number of H-pyrrole nitrogens is 1. The third-order valence-corrected chi connectivity index (χ3v) is 3.00. The van der Waals surface area contributed by atoms with E-state index in [1.54, 1.807) is 6.33 Å². The summed E-state index contributed by atoms with van der Waals surface area (Å²) < 4.78 is 0. The highest BCUT2D eigenvalue weighted by molar-refractivity contribution is 5.14. The zero-order chi connectivity index (χ0) is 9.97. The first kappa shape index (κ1) is 9.68. The first-order chi connectivity index (χ1) is 6.85. The van der Waals surface area contributed by atoms with Crippen molar-refractivity contribution in [3.8, 4) is 0 Å². The number of rotatable bonds is 3. The van der Waals surface area contributed by atoms with Gasteiger partial charge in [-0.15, -0.1) is 0 Å². The molecule has 0 radical (unpaired) electrons. The van der Waals surface area contributed by atoms with E-state index in [1.165, 1.54) is 11.4 Å². The average molecular weight is 195 g/mol. The van der Waals surface area contributed by atoms with Crippen molar-refractivity contribution in [2.45, 2.75) is 32.4 Å². The molecule has 1 atom stereocenters. The third-order valence-electron chi connectivity index (χ3n) is 3.00. The number of fused-ring (bicyclic) bond motifs is 1. The smallest absolute Gasteiger partial charge is 0.0925 e. The van der Waals surface area contributed by atoms with Gasteiger partial charge in [0.2, 0.25) is 0 Å². The maximum atomic E-state index is 9.21. The molecule has 0 saturated heterocycles. The molecule has 0 fully saturated rings. The van der Waals surface area contributed by atoms with E-state index >= 15 is 0 Å². The second-order valence-corrected chi connectivity index (χ2v) is 3.79. The van der Waals surface area contributed by atoms with Gasteiger partial charge in [-0.2, -0.15) is 0 Å². The van der Waals surface area contributed by atoms with Gasteiger partial charge in [0.25, 0.3) is 0 Å². The molecular formula is C10H17N3O. The van der Waals surface area contributed by atoms with Crippen LogP contribution in [0.2, 0.25) is 0 Å². The van der Waals surface area contributed by atoms with Crippen LogP contribution in [0.5, 0.6) is 0 Å². The molecular weight excluding hydrogens is 178 g/mol. The Morgan fingerprint density at radius 1 is 1.71 bits per heavy atom. The van der Waals surface area contributed by atoms with Crippen LogP contribution in [0.3, 0.4) is 0 Å². The Morgan fingerprint density at radius 3 is 3.29 bits per heavy atom. The Balaban J connectivity index is 2.06. The van der Waals surface area contributed by atoms with Crippen molar-refractivity contribution in [3.63, 3.8) is 0 Å². The molecule has 1 aliphatic rings. The number of hydrogen-bond donors (Lipinski definition) is 2. The minimum Gasteiger partial charge on any atom is -0.395 e. The van der Waals surface area contributed by atoms with Gasteiger partial charge in [0.1, 0.15) is 0 Å². The minimum atomic E-state index is 0.250. The lowest BCUT2D eigenvalue weighted by atomic mass is 10.1. The lowest BCUT2D eigenvalue weighted by molar-refractivity contribution is 0.107. The average Bonchev–Trinajstić information content (AvgIpc) is 2.66. The molecule has 4 heteroatoms. The van der Waals surface area contributed by atoms with E-state index < -0.39 is 0 Å². The number of aromatic amines is 1. The summed E-state index contributed by atoms with van der Waals surface area (Å²) in [4.78, 5) is 9.73. The molecule has 2 heterocycles. The quantitative estimate of drug-likeness (QED) is 0.740. The van der Waals surface area contributed by atoms with Gasteiger partial charge in [0.15, 0.2) is 0 Å². The van der Waals surface area contributed by atoms with Gasteiger partial charge in [-0.1, -0.05) is 6.92 Å². The van der Waals surface area contributed by atoms with Crippen LogP contribution in [0.4, 0.5) is 0 Å². The first-order valence-corrected chi connectivity index (χ1v) is 5.21. The van der Waals surface area contributed by atoms with Gasteiger partial charge in [-0.05, 0) is 6.42 Å². The second-order valence-electron chi connectivity index (χ2n) is 3.79. The Labute approximate surface area is 84.0 Å². The maximum absolute atomic E-state index is 9.21. The van der Waals surface area contributed by atoms with Gasteiger partial charge in [0.05, 0.1) is 24.3 Å². The molecule has 0 spiro atoms. The number of hydrogen-bond acceptors (Lipinski definition) is 3. The molecule has 4 nitrogen and oxygen atoms in total. The van der Waals surface area contributed by atoms with E-state index in [0.717, 1.165) is 25.9 Å². The number of aromatic nitrogens is 2. The van der Waals surface area contributed by atoms with Crippen LogP contribution in [0.15, 0.2) is 6.33 Å². The Bertz CT molecular complexity index is 293. The molecule has 0 bridgehead atoms. The largest absolute Gasteiger partial charge is 0.395 e. The second kappa shape index (κ2) is 4.11. The van der Waals surface area contributed by atoms with Crippen molar-refractivity contribution in [2.75, 3.05) is 13.2 Å². The van der Waals surface area contributed by atoms with Gasteiger partial charge in [-0.3, -0.25) is 4.90 Å². The van der Waals surface area contributed by atoms with Gasteiger partial charge >= 0.3 is 0 Å². The molecule has 1 unspecified atom stereocenters. The van der Waals surface area contributed by atoms with E-state index in [0.29, 0.717) is 6.04 Å². The summed E-state index contributed by atoms with van der Waals surface area (Å²) in [5, 5.41) is 9.21. The molecule has 1 aliphatic heterocycles. The molecule has 0 aromatic carbocycles. The van der Waals surface area contributed by atoms with Crippen LogP contribution in [0.1, 0.15) is 24.7 Å². The van der Waals surface area contributed by atoms with Crippen LogP contribution >= 0.6 is 0 Å². The Morgan fingerprint density at radius 2 is 2.57 bits per heavy atom. The predicted molar refractivity (Wildman–Crippen MR) is 53.9 cm³/mol. The summed E-state index contributed by atoms with van der Waals surface area (Å²) >= 11 is 0. The molecule has 14 heavy (non-hydrogen) atoms. The standard InChI is InChI=1S/C10H17N3O/c1-2-8(6-14)13-4-3-9-10(5-13)12-7-11-9/h7-8,14H,2-6H2,1H3,(H,11,12). The number of aliphatic hydroxyl groups is 1. The van der Waals surface area contributed by atoms with Crippen molar-refractivity contribution >= 4 is 0 Å². The van der Waals surface area contributed by atoms with Crippen LogP contribution in [0.25, 0.3) is 0 Å². The van der Waals surface area contributed by atoms with E-state index in [9.17, 15) is 5.11 Å². The lowest BCUT2D eigenvalue weighted by Crippen LogP contribution is -2.41. The van der Waals surface area contributed by atoms with Crippen LogP contribution < -0.4 is 0 Å². The highest BCUT2D eigenvalue weighted by Crippen LogP contribution is 2.17. The first-order valence-electron chi connectivity index (χ1n) is 5.21. The minimum absolute atomic E-state index is 0.250. The number of aliphatic hydroxyl groups excluding tert-OH is 1. The number of nitrogens with zero attached hydrogens (tertiary/aromatic N) is 2. The van der Waals surface area contributed by atoms with Crippen molar-refractivity contribution in [2.24, 2.45) is 0 Å². The van der Waals surface area contributed by atoms with Gasteiger partial charge < -0.3 is 10.1 Å². The van der Waals surface area contributed by atoms with Crippen LogP contribution in [-0.2, 0) is 13.0 Å². The maximum Gasteiger partial charge on any atom is 0.0925 e. The van der Waals surface area contributed by atoms with Crippen LogP contribution in [-0.4, -0.2) is 39.2 Å². The predicted octanol–water partition coefficient (Wildman–Crippen LogP) is 0.539. The van der Waals surface area contributed by atoms with Crippen molar-refractivity contribution in [1.82, 2.24) is 14.9 Å². The summed E-state index contributed by atoms with van der Waals surface area (Å²) in [6, 6.07) is 0.298. The number of imidazole rings is 1. The topological polar surface area (TPSA) is 52.1 Å². The summed E-state index contributed by atoms with van der Waals surface area (Å²) in [6.07, 6.45) is 3.75. The Hall–Kier alpha value is -0.870. The van der Waals surface area contributed by atoms with Crippen molar-refractivity contribution in [3.05, 3.63) is 17.7 Å². The van der Waals surface area contributed by atoms with Crippen molar-refractivity contribution < 1.29 is 5.11 Å².